The van der Waals surface area contributed by atoms with Crippen LogP contribution in [-0.2, 0) is 0 Å². The lowest BCUT2D eigenvalue weighted by Crippen LogP contribution is -2.49. The standard InChI is InChI=1S/C23H29NO2/c1-14-11-15(2)13-18(12-14)20(25)21(23(5,6)7)24-22(26)19-10-8-9-16(3)17(19)4/h8-13,21H,1-7H3,(H,24,26). The number of carbonyl (C=O) groups excluding carboxylic acids is 2. The SMILES string of the molecule is Cc1cc(C)cc(C(=O)C(NC(=O)c2cccc(C)c2C)C(C)(C)C)c1. The average Bonchev–Trinajstić information content (AvgIpc) is 2.52. The van der Waals surface area contributed by atoms with Crippen molar-refractivity contribution < 1.29 is 9.59 Å². The molecule has 0 saturated heterocycles. The Hall–Kier alpha value is -2.42. The predicted molar refractivity (Wildman–Crippen MR) is 107 cm³/mol. The monoisotopic (exact) mass is 351 g/mol. The van der Waals surface area contributed by atoms with Gasteiger partial charge in [-0.3, -0.25) is 9.59 Å². The minimum absolute atomic E-state index is 0.0528. The summed E-state index contributed by atoms with van der Waals surface area (Å²) in [5.41, 5.74) is 4.95. The second kappa shape index (κ2) is 7.45. The van der Waals surface area contributed by atoms with Gasteiger partial charge in [-0.25, -0.2) is 0 Å². The lowest BCUT2D eigenvalue weighted by Gasteiger charge is -2.31. The summed E-state index contributed by atoms with van der Waals surface area (Å²) in [4.78, 5) is 26.1. The first kappa shape index (κ1) is 19.9. The molecule has 1 atom stereocenters. The average molecular weight is 351 g/mol. The number of aryl methyl sites for hydroxylation is 3. The zero-order valence-electron chi connectivity index (χ0n) is 16.9. The van der Waals surface area contributed by atoms with Gasteiger partial charge in [0.2, 0.25) is 0 Å². The molecule has 2 rings (SSSR count). The van der Waals surface area contributed by atoms with Gasteiger partial charge in [-0.15, -0.1) is 0 Å². The van der Waals surface area contributed by atoms with E-state index in [0.29, 0.717) is 11.1 Å². The molecule has 0 aliphatic heterocycles. The van der Waals surface area contributed by atoms with Gasteiger partial charge in [-0.05, 0) is 62.4 Å². The summed E-state index contributed by atoms with van der Waals surface area (Å²) in [5, 5.41) is 2.99. The number of hydrogen-bond donors (Lipinski definition) is 1. The zero-order valence-corrected chi connectivity index (χ0v) is 16.9. The number of ketones is 1. The van der Waals surface area contributed by atoms with E-state index in [1.165, 1.54) is 0 Å². The number of nitrogens with one attached hydrogen (secondary N) is 1. The number of benzene rings is 2. The molecule has 3 nitrogen and oxygen atoms in total. The van der Waals surface area contributed by atoms with Gasteiger partial charge in [-0.1, -0.05) is 50.1 Å². The first-order valence-electron chi connectivity index (χ1n) is 9.00. The smallest absolute Gasteiger partial charge is 0.252 e. The molecule has 0 radical (unpaired) electrons. The number of Topliss-reactive ketones (excluding diaryl/α,β-unsaturated/α-hetero) is 1. The number of rotatable bonds is 4. The number of hydrogen-bond acceptors (Lipinski definition) is 2. The molecule has 1 N–H and O–H groups in total. The van der Waals surface area contributed by atoms with E-state index < -0.39 is 11.5 Å². The van der Waals surface area contributed by atoms with Crippen molar-refractivity contribution in [3.8, 4) is 0 Å². The topological polar surface area (TPSA) is 46.2 Å². The molecule has 1 amide bonds. The van der Waals surface area contributed by atoms with Crippen LogP contribution in [0.4, 0.5) is 0 Å². The van der Waals surface area contributed by atoms with E-state index in [-0.39, 0.29) is 11.7 Å². The molecule has 0 saturated carbocycles. The van der Waals surface area contributed by atoms with Crippen molar-refractivity contribution in [3.05, 3.63) is 69.8 Å². The second-order valence-corrected chi connectivity index (χ2v) is 8.26. The summed E-state index contributed by atoms with van der Waals surface area (Å²) in [5.74, 6) is -0.258. The van der Waals surface area contributed by atoms with Gasteiger partial charge in [-0.2, -0.15) is 0 Å². The van der Waals surface area contributed by atoms with E-state index in [9.17, 15) is 9.59 Å². The number of carbonyl (C=O) groups is 2. The van der Waals surface area contributed by atoms with Gasteiger partial charge in [0, 0.05) is 11.1 Å². The first-order valence-corrected chi connectivity index (χ1v) is 9.00. The summed E-state index contributed by atoms with van der Waals surface area (Å²) in [7, 11) is 0. The highest BCUT2D eigenvalue weighted by atomic mass is 16.2. The Morgan fingerprint density at radius 3 is 2.04 bits per heavy atom. The minimum Gasteiger partial charge on any atom is -0.341 e. The molecule has 0 heterocycles. The van der Waals surface area contributed by atoms with Crippen LogP contribution < -0.4 is 5.32 Å². The molecule has 3 heteroatoms. The van der Waals surface area contributed by atoms with E-state index in [4.69, 9.17) is 0 Å². The van der Waals surface area contributed by atoms with E-state index in [2.05, 4.69) is 5.32 Å². The Kier molecular flexibility index (Phi) is 5.70. The molecular formula is C23H29NO2. The van der Waals surface area contributed by atoms with Crippen LogP contribution in [0.15, 0.2) is 36.4 Å². The molecule has 0 aromatic heterocycles. The van der Waals surface area contributed by atoms with Crippen LogP contribution in [0, 0.1) is 33.1 Å². The van der Waals surface area contributed by atoms with E-state index in [0.717, 1.165) is 22.3 Å². The molecule has 0 aliphatic rings. The molecule has 138 valence electrons. The van der Waals surface area contributed by atoms with Crippen LogP contribution >= 0.6 is 0 Å². The maximum absolute atomic E-state index is 13.2. The molecule has 0 spiro atoms. The molecule has 0 fully saturated rings. The highest BCUT2D eigenvalue weighted by Gasteiger charge is 2.34. The van der Waals surface area contributed by atoms with Crippen molar-refractivity contribution in [2.45, 2.75) is 54.5 Å². The Labute approximate surface area is 156 Å². The van der Waals surface area contributed by atoms with Gasteiger partial charge in [0.25, 0.3) is 5.91 Å². The maximum atomic E-state index is 13.2. The first-order chi connectivity index (χ1) is 12.0. The minimum atomic E-state index is -0.601. The van der Waals surface area contributed by atoms with Crippen molar-refractivity contribution in [2.24, 2.45) is 5.41 Å². The fourth-order valence-corrected chi connectivity index (χ4v) is 3.16. The Morgan fingerprint density at radius 1 is 0.923 bits per heavy atom. The normalized spacial score (nSPS) is 12.6. The third-order valence-corrected chi connectivity index (χ3v) is 4.76. The predicted octanol–water partition coefficient (Wildman–Crippen LogP) is 4.95. The van der Waals surface area contributed by atoms with Gasteiger partial charge in [0.1, 0.15) is 0 Å². The van der Waals surface area contributed by atoms with Crippen molar-refractivity contribution in [1.82, 2.24) is 5.32 Å². The second-order valence-electron chi connectivity index (χ2n) is 8.26. The fourth-order valence-electron chi connectivity index (χ4n) is 3.16. The fraction of sp³-hybridized carbons (Fsp3) is 0.391. The van der Waals surface area contributed by atoms with Crippen molar-refractivity contribution in [2.75, 3.05) is 0 Å². The van der Waals surface area contributed by atoms with Gasteiger partial charge < -0.3 is 5.32 Å². The van der Waals surface area contributed by atoms with Crippen molar-refractivity contribution >= 4 is 11.7 Å². The van der Waals surface area contributed by atoms with Crippen molar-refractivity contribution in [1.29, 1.82) is 0 Å². The van der Waals surface area contributed by atoms with Gasteiger partial charge in [0.15, 0.2) is 5.78 Å². The summed E-state index contributed by atoms with van der Waals surface area (Å²) in [6.07, 6.45) is 0. The zero-order chi connectivity index (χ0) is 19.6. The van der Waals surface area contributed by atoms with E-state index >= 15 is 0 Å². The molecule has 2 aromatic rings. The largest absolute Gasteiger partial charge is 0.341 e. The lowest BCUT2D eigenvalue weighted by molar-refractivity contribution is 0.0781. The third kappa shape index (κ3) is 4.40. The molecule has 0 aliphatic carbocycles. The highest BCUT2D eigenvalue weighted by Crippen LogP contribution is 2.25. The molecule has 2 aromatic carbocycles. The summed E-state index contributed by atoms with van der Waals surface area (Å²) in [6.45, 7) is 13.8. The van der Waals surface area contributed by atoms with E-state index in [1.54, 1.807) is 6.07 Å². The Bertz CT molecular complexity index is 824. The van der Waals surface area contributed by atoms with Crippen LogP contribution in [0.5, 0.6) is 0 Å². The van der Waals surface area contributed by atoms with Crippen LogP contribution in [0.3, 0.4) is 0 Å². The van der Waals surface area contributed by atoms with Crippen LogP contribution in [-0.4, -0.2) is 17.7 Å². The van der Waals surface area contributed by atoms with E-state index in [1.807, 2.05) is 78.8 Å². The summed E-state index contributed by atoms with van der Waals surface area (Å²) in [6, 6.07) is 10.9. The maximum Gasteiger partial charge on any atom is 0.252 e. The van der Waals surface area contributed by atoms with Gasteiger partial charge >= 0.3 is 0 Å². The lowest BCUT2D eigenvalue weighted by atomic mass is 9.81. The Morgan fingerprint density at radius 2 is 1.50 bits per heavy atom. The van der Waals surface area contributed by atoms with Crippen molar-refractivity contribution in [3.63, 3.8) is 0 Å². The highest BCUT2D eigenvalue weighted by molar-refractivity contribution is 6.05. The van der Waals surface area contributed by atoms with Crippen LogP contribution in [0.25, 0.3) is 0 Å². The molecular weight excluding hydrogens is 322 g/mol. The molecule has 1 unspecified atom stereocenters. The Balaban J connectivity index is 2.38. The third-order valence-electron chi connectivity index (χ3n) is 4.76. The van der Waals surface area contributed by atoms with Crippen LogP contribution in [0.2, 0.25) is 0 Å². The number of amides is 1. The van der Waals surface area contributed by atoms with Crippen LogP contribution in [0.1, 0.15) is 63.7 Å². The molecule has 26 heavy (non-hydrogen) atoms. The van der Waals surface area contributed by atoms with Gasteiger partial charge in [0.05, 0.1) is 6.04 Å². The summed E-state index contributed by atoms with van der Waals surface area (Å²) >= 11 is 0. The quantitative estimate of drug-likeness (QED) is 0.792. The summed E-state index contributed by atoms with van der Waals surface area (Å²) < 4.78 is 0. The molecule has 0 bridgehead atoms.